The third-order valence-corrected chi connectivity index (χ3v) is 4.13. The number of phenols is 1. The fourth-order valence-electron chi connectivity index (χ4n) is 2.80. The quantitative estimate of drug-likeness (QED) is 0.335. The van der Waals surface area contributed by atoms with E-state index in [0.29, 0.717) is 16.5 Å². The van der Waals surface area contributed by atoms with Crippen molar-refractivity contribution in [3.8, 4) is 11.5 Å². The van der Waals surface area contributed by atoms with Gasteiger partial charge >= 0.3 is 5.97 Å². The van der Waals surface area contributed by atoms with Gasteiger partial charge in [0.25, 0.3) is 0 Å². The van der Waals surface area contributed by atoms with E-state index in [0.717, 1.165) is 5.56 Å². The van der Waals surface area contributed by atoms with Gasteiger partial charge in [-0.05, 0) is 31.2 Å². The third kappa shape index (κ3) is 2.69. The molecule has 4 aromatic rings. The summed E-state index contributed by atoms with van der Waals surface area (Å²) in [4.78, 5) is 24.8. The van der Waals surface area contributed by atoms with Crippen LogP contribution in [0.3, 0.4) is 0 Å². The summed E-state index contributed by atoms with van der Waals surface area (Å²) in [5.74, 6) is -0.764. The van der Waals surface area contributed by atoms with Gasteiger partial charge in [-0.25, -0.2) is 4.79 Å². The van der Waals surface area contributed by atoms with Gasteiger partial charge in [-0.2, -0.15) is 0 Å². The molecule has 0 aliphatic rings. The predicted octanol–water partition coefficient (Wildman–Crippen LogP) is 4.18. The second kappa shape index (κ2) is 6.04. The number of esters is 1. The van der Waals surface area contributed by atoms with Crippen molar-refractivity contribution < 1.29 is 19.1 Å². The van der Waals surface area contributed by atoms with Crippen molar-refractivity contribution in [1.29, 1.82) is 0 Å². The normalized spacial score (nSPS) is 11.0. The number of hydrogen-bond donors (Lipinski definition) is 1. The summed E-state index contributed by atoms with van der Waals surface area (Å²) in [5.41, 5.74) is 1.62. The molecule has 128 valence electrons. The van der Waals surface area contributed by atoms with Gasteiger partial charge in [0.05, 0.1) is 10.9 Å². The smallest absolute Gasteiger partial charge is 0.343 e. The highest BCUT2D eigenvalue weighted by Gasteiger charge is 2.15. The van der Waals surface area contributed by atoms with Crippen molar-refractivity contribution in [3.05, 3.63) is 82.0 Å². The van der Waals surface area contributed by atoms with Gasteiger partial charge in [0.2, 0.25) is 5.43 Å². The van der Waals surface area contributed by atoms with Gasteiger partial charge in [-0.3, -0.25) is 4.79 Å². The molecule has 1 aromatic heterocycles. The average Bonchev–Trinajstić information content (AvgIpc) is 2.62. The van der Waals surface area contributed by atoms with Gasteiger partial charge in [0.15, 0.2) is 0 Å². The lowest BCUT2D eigenvalue weighted by Gasteiger charge is -2.08. The fourth-order valence-corrected chi connectivity index (χ4v) is 2.80. The zero-order chi connectivity index (χ0) is 18.3. The molecule has 0 bridgehead atoms. The number of benzene rings is 3. The maximum atomic E-state index is 12.6. The van der Waals surface area contributed by atoms with E-state index in [-0.39, 0.29) is 27.9 Å². The second-order valence-corrected chi connectivity index (χ2v) is 6.00. The Hall–Kier alpha value is -3.60. The molecular weight excluding hydrogens is 332 g/mol. The van der Waals surface area contributed by atoms with Crippen LogP contribution in [0.1, 0.15) is 15.9 Å². The summed E-state index contributed by atoms with van der Waals surface area (Å²) in [5, 5.41) is 10.7. The molecular formula is C21H14O5. The fraction of sp³-hybridized carbons (Fsp3) is 0.0476. The molecule has 0 atom stereocenters. The maximum absolute atomic E-state index is 12.6. The summed E-state index contributed by atoms with van der Waals surface area (Å²) < 4.78 is 11.0. The lowest BCUT2D eigenvalue weighted by atomic mass is 10.1. The lowest BCUT2D eigenvalue weighted by Crippen LogP contribution is -2.09. The van der Waals surface area contributed by atoms with Gasteiger partial charge in [0, 0.05) is 12.1 Å². The molecule has 0 radical (unpaired) electrons. The Bertz CT molecular complexity index is 1200. The van der Waals surface area contributed by atoms with Crippen LogP contribution in [0.5, 0.6) is 11.5 Å². The first-order valence-electron chi connectivity index (χ1n) is 8.00. The van der Waals surface area contributed by atoms with Gasteiger partial charge < -0.3 is 14.3 Å². The maximum Gasteiger partial charge on any atom is 0.343 e. The van der Waals surface area contributed by atoms with Crippen molar-refractivity contribution >= 4 is 27.9 Å². The number of rotatable bonds is 2. The van der Waals surface area contributed by atoms with Gasteiger partial charge in [-0.1, -0.05) is 29.8 Å². The Balaban J connectivity index is 1.79. The number of ether oxygens (including phenoxy) is 1. The zero-order valence-electron chi connectivity index (χ0n) is 13.9. The molecule has 0 spiro atoms. The van der Waals surface area contributed by atoms with E-state index < -0.39 is 5.97 Å². The van der Waals surface area contributed by atoms with E-state index in [1.807, 2.05) is 6.92 Å². The molecule has 5 nitrogen and oxygen atoms in total. The minimum Gasteiger partial charge on any atom is -0.507 e. The lowest BCUT2D eigenvalue weighted by molar-refractivity contribution is 0.0735. The Morgan fingerprint density at radius 1 is 1.00 bits per heavy atom. The molecule has 0 aliphatic carbocycles. The third-order valence-electron chi connectivity index (χ3n) is 4.13. The Kier molecular flexibility index (Phi) is 3.69. The monoisotopic (exact) mass is 346 g/mol. The van der Waals surface area contributed by atoms with Crippen LogP contribution in [-0.2, 0) is 0 Å². The number of aromatic hydroxyl groups is 1. The van der Waals surface area contributed by atoms with Crippen LogP contribution in [0.2, 0.25) is 0 Å². The van der Waals surface area contributed by atoms with Crippen LogP contribution in [-0.4, -0.2) is 11.1 Å². The molecule has 1 heterocycles. The van der Waals surface area contributed by atoms with Gasteiger partial charge in [0.1, 0.15) is 28.1 Å². The highest BCUT2D eigenvalue weighted by atomic mass is 16.5. The molecule has 0 saturated heterocycles. The number of fused-ring (bicyclic) bond motifs is 2. The number of para-hydroxylation sites is 1. The number of carbonyl (C=O) groups excluding carboxylic acids is 1. The first-order chi connectivity index (χ1) is 12.5. The molecule has 0 unspecified atom stereocenters. The van der Waals surface area contributed by atoms with Crippen LogP contribution in [0.4, 0.5) is 0 Å². The molecule has 3 aromatic carbocycles. The second-order valence-electron chi connectivity index (χ2n) is 6.00. The van der Waals surface area contributed by atoms with E-state index in [1.54, 1.807) is 48.5 Å². The summed E-state index contributed by atoms with van der Waals surface area (Å²) in [6, 6.07) is 16.4. The average molecular weight is 346 g/mol. The number of aryl methyl sites for hydroxylation is 1. The number of carbonyl (C=O) groups is 1. The minimum absolute atomic E-state index is 0.0545. The Labute approximate surface area is 148 Å². The standard InChI is InChI=1S/C21H14O5/c1-12-6-8-13(9-7-12)21(24)25-14-10-16(22)19-18(11-14)26-17-5-3-2-4-15(17)20(19)23/h2-11,22H,1H3. The largest absolute Gasteiger partial charge is 0.507 e. The first kappa shape index (κ1) is 15.9. The molecule has 5 heteroatoms. The minimum atomic E-state index is -0.563. The van der Waals surface area contributed by atoms with Crippen LogP contribution in [0, 0.1) is 6.92 Å². The predicted molar refractivity (Wildman–Crippen MR) is 97.8 cm³/mol. The van der Waals surface area contributed by atoms with Crippen molar-refractivity contribution in [2.45, 2.75) is 6.92 Å². The van der Waals surface area contributed by atoms with Crippen molar-refractivity contribution in [1.82, 2.24) is 0 Å². The van der Waals surface area contributed by atoms with Crippen molar-refractivity contribution in [3.63, 3.8) is 0 Å². The van der Waals surface area contributed by atoms with E-state index in [1.165, 1.54) is 12.1 Å². The van der Waals surface area contributed by atoms with E-state index in [4.69, 9.17) is 9.15 Å². The molecule has 0 amide bonds. The highest BCUT2D eigenvalue weighted by Crippen LogP contribution is 2.30. The van der Waals surface area contributed by atoms with E-state index in [9.17, 15) is 14.7 Å². The molecule has 1 N–H and O–H groups in total. The Morgan fingerprint density at radius 2 is 1.73 bits per heavy atom. The molecule has 26 heavy (non-hydrogen) atoms. The molecule has 0 aliphatic heterocycles. The molecule has 4 rings (SSSR count). The zero-order valence-corrected chi connectivity index (χ0v) is 13.9. The van der Waals surface area contributed by atoms with E-state index in [2.05, 4.69) is 0 Å². The number of phenolic OH excluding ortho intramolecular Hbond substituents is 1. The molecule has 0 fully saturated rings. The Morgan fingerprint density at radius 3 is 2.50 bits per heavy atom. The van der Waals surface area contributed by atoms with Crippen LogP contribution in [0.15, 0.2) is 69.9 Å². The summed E-state index contributed by atoms with van der Waals surface area (Å²) >= 11 is 0. The first-order valence-corrected chi connectivity index (χ1v) is 8.00. The van der Waals surface area contributed by atoms with Crippen molar-refractivity contribution in [2.24, 2.45) is 0 Å². The van der Waals surface area contributed by atoms with Crippen LogP contribution in [0.25, 0.3) is 21.9 Å². The molecule has 0 saturated carbocycles. The SMILES string of the molecule is Cc1ccc(C(=O)Oc2cc(O)c3c(=O)c4ccccc4oc3c2)cc1. The van der Waals surface area contributed by atoms with Crippen LogP contribution >= 0.6 is 0 Å². The summed E-state index contributed by atoms with van der Waals surface area (Å²) in [6.07, 6.45) is 0. The van der Waals surface area contributed by atoms with E-state index >= 15 is 0 Å². The van der Waals surface area contributed by atoms with Crippen molar-refractivity contribution in [2.75, 3.05) is 0 Å². The van der Waals surface area contributed by atoms with Gasteiger partial charge in [-0.15, -0.1) is 0 Å². The van der Waals surface area contributed by atoms with Crippen LogP contribution < -0.4 is 10.2 Å². The highest BCUT2D eigenvalue weighted by molar-refractivity contribution is 5.95. The topological polar surface area (TPSA) is 76.7 Å². The number of hydrogen-bond acceptors (Lipinski definition) is 5. The summed E-state index contributed by atoms with van der Waals surface area (Å²) in [6.45, 7) is 1.92. The summed E-state index contributed by atoms with van der Waals surface area (Å²) in [7, 11) is 0.